The number of hydrogen-bond donors (Lipinski definition) is 2. The van der Waals surface area contributed by atoms with Crippen LogP contribution in [-0.2, 0) is 0 Å². The first-order valence-electron chi connectivity index (χ1n) is 8.86. The maximum Gasteiger partial charge on any atom is 0.224 e. The van der Waals surface area contributed by atoms with Crippen LogP contribution < -0.4 is 15.4 Å². The number of nitrogens with one attached hydrogen (secondary N) is 2. The van der Waals surface area contributed by atoms with Crippen LogP contribution in [0.4, 0.5) is 17.5 Å². The second-order valence-electron chi connectivity index (χ2n) is 6.44. The second-order valence-corrected chi connectivity index (χ2v) is 6.44. The van der Waals surface area contributed by atoms with Crippen LogP contribution in [0.3, 0.4) is 0 Å². The summed E-state index contributed by atoms with van der Waals surface area (Å²) in [5, 5.41) is 6.54. The number of benzene rings is 2. The van der Waals surface area contributed by atoms with Gasteiger partial charge in [0.15, 0.2) is 0 Å². The highest BCUT2D eigenvalue weighted by Gasteiger charge is 2.02. The molecule has 0 fully saturated rings. The summed E-state index contributed by atoms with van der Waals surface area (Å²) in [6.45, 7) is 5.27. The normalized spacial score (nSPS) is 10.6. The minimum Gasteiger partial charge on any atom is -0.457 e. The van der Waals surface area contributed by atoms with Gasteiger partial charge in [0.05, 0.1) is 0 Å². The first-order chi connectivity index (χ1) is 12.7. The smallest absolute Gasteiger partial charge is 0.224 e. The zero-order valence-corrected chi connectivity index (χ0v) is 15.1. The van der Waals surface area contributed by atoms with Crippen molar-refractivity contribution in [2.75, 3.05) is 17.2 Å². The molecule has 0 aliphatic heterocycles. The molecule has 0 aliphatic rings. The number of hydrogen-bond acceptors (Lipinski definition) is 5. The van der Waals surface area contributed by atoms with Gasteiger partial charge in [-0.2, -0.15) is 4.98 Å². The first kappa shape index (κ1) is 17.7. The monoisotopic (exact) mass is 348 g/mol. The van der Waals surface area contributed by atoms with Crippen molar-refractivity contribution in [3.05, 3.63) is 66.9 Å². The van der Waals surface area contributed by atoms with Gasteiger partial charge in [-0.1, -0.05) is 32.0 Å². The van der Waals surface area contributed by atoms with E-state index < -0.39 is 0 Å². The number of ether oxygens (including phenoxy) is 1. The molecular formula is C21H24N4O. The van der Waals surface area contributed by atoms with Crippen molar-refractivity contribution in [3.63, 3.8) is 0 Å². The third-order valence-electron chi connectivity index (χ3n) is 3.77. The summed E-state index contributed by atoms with van der Waals surface area (Å²) in [7, 11) is 0. The Morgan fingerprint density at radius 2 is 1.65 bits per heavy atom. The van der Waals surface area contributed by atoms with Gasteiger partial charge >= 0.3 is 0 Å². The Hall–Kier alpha value is -3.08. The minimum atomic E-state index is 0.639. The Morgan fingerprint density at radius 1 is 0.923 bits per heavy atom. The van der Waals surface area contributed by atoms with E-state index in [0.29, 0.717) is 11.9 Å². The number of rotatable bonds is 8. The van der Waals surface area contributed by atoms with Gasteiger partial charge in [0.2, 0.25) is 5.95 Å². The highest BCUT2D eigenvalue weighted by atomic mass is 16.5. The highest BCUT2D eigenvalue weighted by molar-refractivity contribution is 5.58. The largest absolute Gasteiger partial charge is 0.457 e. The number of aromatic nitrogens is 2. The summed E-state index contributed by atoms with van der Waals surface area (Å²) >= 11 is 0. The van der Waals surface area contributed by atoms with Crippen LogP contribution in [0.5, 0.6) is 11.5 Å². The molecule has 0 radical (unpaired) electrons. The molecule has 0 bridgehead atoms. The summed E-state index contributed by atoms with van der Waals surface area (Å²) in [5.74, 6) is 3.66. The maximum absolute atomic E-state index is 5.80. The van der Waals surface area contributed by atoms with Crippen LogP contribution in [0.25, 0.3) is 0 Å². The predicted octanol–water partition coefficient (Wildman–Crippen LogP) is 5.47. The Morgan fingerprint density at radius 3 is 2.38 bits per heavy atom. The maximum atomic E-state index is 5.80. The van der Waals surface area contributed by atoms with Crippen LogP contribution in [-0.4, -0.2) is 16.5 Å². The van der Waals surface area contributed by atoms with Crippen molar-refractivity contribution in [2.24, 2.45) is 5.92 Å². The van der Waals surface area contributed by atoms with Gasteiger partial charge in [-0.05, 0) is 54.8 Å². The number of anilines is 3. The zero-order chi connectivity index (χ0) is 18.2. The van der Waals surface area contributed by atoms with Crippen molar-refractivity contribution >= 4 is 17.5 Å². The van der Waals surface area contributed by atoms with E-state index >= 15 is 0 Å². The molecule has 3 rings (SSSR count). The number of nitrogens with zero attached hydrogens (tertiary/aromatic N) is 2. The Labute approximate surface area is 154 Å². The van der Waals surface area contributed by atoms with E-state index in [1.165, 1.54) is 0 Å². The van der Waals surface area contributed by atoms with Crippen molar-refractivity contribution in [1.82, 2.24) is 9.97 Å². The zero-order valence-electron chi connectivity index (χ0n) is 15.1. The summed E-state index contributed by atoms with van der Waals surface area (Å²) in [6.07, 6.45) is 2.84. The molecule has 5 heteroatoms. The molecule has 0 amide bonds. The standard InChI is InChI=1S/C21H24N4O/c1-16(2)12-14-22-21-23-15-13-20(25-21)24-17-8-10-19(11-9-17)26-18-6-4-3-5-7-18/h3-11,13,15-16H,12,14H2,1-2H3,(H2,22,23,24,25). The molecule has 134 valence electrons. The van der Waals surface area contributed by atoms with Gasteiger partial charge in [0.25, 0.3) is 0 Å². The average Bonchev–Trinajstić information content (AvgIpc) is 2.64. The van der Waals surface area contributed by atoms with Crippen LogP contribution in [0.1, 0.15) is 20.3 Å². The Kier molecular flexibility index (Phi) is 6.04. The molecule has 26 heavy (non-hydrogen) atoms. The van der Waals surface area contributed by atoms with Crippen LogP contribution in [0.15, 0.2) is 66.9 Å². The van der Waals surface area contributed by atoms with Crippen molar-refractivity contribution < 1.29 is 4.74 Å². The molecule has 2 aromatic carbocycles. The molecule has 1 heterocycles. The lowest BCUT2D eigenvalue weighted by Crippen LogP contribution is -2.08. The minimum absolute atomic E-state index is 0.639. The van der Waals surface area contributed by atoms with Crippen molar-refractivity contribution in [3.8, 4) is 11.5 Å². The molecule has 2 N–H and O–H groups in total. The predicted molar refractivity (Wildman–Crippen MR) is 106 cm³/mol. The number of para-hydroxylation sites is 1. The van der Waals surface area contributed by atoms with Gasteiger partial charge in [0.1, 0.15) is 17.3 Å². The molecule has 0 atom stereocenters. The second kappa shape index (κ2) is 8.85. The van der Waals surface area contributed by atoms with Crippen LogP contribution >= 0.6 is 0 Å². The molecule has 0 saturated heterocycles. The lowest BCUT2D eigenvalue weighted by Gasteiger charge is -2.10. The molecular weight excluding hydrogens is 324 g/mol. The van der Waals surface area contributed by atoms with Gasteiger partial charge in [-0.25, -0.2) is 4.98 Å². The quantitative estimate of drug-likeness (QED) is 0.565. The van der Waals surface area contributed by atoms with Crippen molar-refractivity contribution in [2.45, 2.75) is 20.3 Å². The van der Waals surface area contributed by atoms with E-state index in [2.05, 4.69) is 34.4 Å². The summed E-state index contributed by atoms with van der Waals surface area (Å²) in [5.41, 5.74) is 0.942. The molecule has 0 saturated carbocycles. The van der Waals surface area contributed by atoms with E-state index in [0.717, 1.165) is 36.0 Å². The van der Waals surface area contributed by atoms with E-state index in [-0.39, 0.29) is 0 Å². The molecule has 1 aromatic heterocycles. The fourth-order valence-corrected chi connectivity index (χ4v) is 2.36. The SMILES string of the molecule is CC(C)CCNc1nccc(Nc2ccc(Oc3ccccc3)cc2)n1. The third kappa shape index (κ3) is 5.48. The molecule has 0 unspecified atom stereocenters. The fraction of sp³-hybridized carbons (Fsp3) is 0.238. The highest BCUT2D eigenvalue weighted by Crippen LogP contribution is 2.24. The van der Waals surface area contributed by atoms with Gasteiger partial charge in [-0.3, -0.25) is 0 Å². The molecule has 0 aliphatic carbocycles. The lowest BCUT2D eigenvalue weighted by atomic mass is 10.1. The van der Waals surface area contributed by atoms with E-state index in [4.69, 9.17) is 4.74 Å². The van der Waals surface area contributed by atoms with Gasteiger partial charge < -0.3 is 15.4 Å². The molecule has 5 nitrogen and oxygen atoms in total. The van der Waals surface area contributed by atoms with Gasteiger partial charge in [0, 0.05) is 18.4 Å². The first-order valence-corrected chi connectivity index (χ1v) is 8.86. The van der Waals surface area contributed by atoms with E-state index in [9.17, 15) is 0 Å². The summed E-state index contributed by atoms with van der Waals surface area (Å²) < 4.78 is 5.80. The topological polar surface area (TPSA) is 59.1 Å². The molecule has 3 aromatic rings. The summed E-state index contributed by atoms with van der Waals surface area (Å²) in [6, 6.07) is 19.4. The summed E-state index contributed by atoms with van der Waals surface area (Å²) in [4.78, 5) is 8.75. The Bertz CT molecular complexity index is 804. The van der Waals surface area contributed by atoms with Crippen LogP contribution in [0, 0.1) is 5.92 Å². The van der Waals surface area contributed by atoms with Gasteiger partial charge in [-0.15, -0.1) is 0 Å². The molecule has 0 spiro atoms. The van der Waals surface area contributed by atoms with Crippen molar-refractivity contribution in [1.29, 1.82) is 0 Å². The fourth-order valence-electron chi connectivity index (χ4n) is 2.36. The third-order valence-corrected chi connectivity index (χ3v) is 3.77. The van der Waals surface area contributed by atoms with Crippen LogP contribution in [0.2, 0.25) is 0 Å². The average molecular weight is 348 g/mol. The van der Waals surface area contributed by atoms with E-state index in [1.807, 2.05) is 60.7 Å². The van der Waals surface area contributed by atoms with E-state index in [1.54, 1.807) is 6.20 Å². The Balaban J connectivity index is 1.58. The lowest BCUT2D eigenvalue weighted by molar-refractivity contribution is 0.483.